The van der Waals surface area contributed by atoms with Crippen LogP contribution in [0.25, 0.3) is 0 Å². The summed E-state index contributed by atoms with van der Waals surface area (Å²) in [4.78, 5) is 18.7. The number of aliphatic imine (C=N–C) groups is 4. The predicted molar refractivity (Wildman–Crippen MR) is 179 cm³/mol. The topological polar surface area (TPSA) is 97.6 Å². The van der Waals surface area contributed by atoms with E-state index in [0.717, 1.165) is 78.0 Å². The minimum atomic E-state index is 0. The third kappa shape index (κ3) is 24.5. The zero-order valence-electron chi connectivity index (χ0n) is 29.4. The molecule has 1 radical (unpaired) electrons. The maximum absolute atomic E-state index is 4.68. The van der Waals surface area contributed by atoms with Crippen LogP contribution in [0.2, 0.25) is 0 Å². The van der Waals surface area contributed by atoms with Gasteiger partial charge in [-0.2, -0.15) is 0 Å². The van der Waals surface area contributed by atoms with Crippen molar-refractivity contribution < 1.29 is 41.9 Å². The summed E-state index contributed by atoms with van der Waals surface area (Å²) in [6, 6.07) is 0. The first-order valence-electron chi connectivity index (χ1n) is 15.4. The van der Waals surface area contributed by atoms with Crippen LogP contribution < -0.4 is 46.1 Å². The van der Waals surface area contributed by atoms with Crippen LogP contribution in [0, 0.1) is 0 Å². The normalized spacial score (nSPS) is 23.5. The first kappa shape index (κ1) is 47.0. The summed E-state index contributed by atoms with van der Waals surface area (Å²) in [6.45, 7) is 33.4. The summed E-state index contributed by atoms with van der Waals surface area (Å²) in [5.41, 5.74) is 5.25. The third-order valence-electron chi connectivity index (χ3n) is 7.18. The van der Waals surface area contributed by atoms with E-state index >= 15 is 0 Å². The van der Waals surface area contributed by atoms with Gasteiger partial charge in [-0.3, -0.25) is 20.0 Å². The summed E-state index contributed by atoms with van der Waals surface area (Å²) >= 11 is 0. The van der Waals surface area contributed by atoms with E-state index in [2.05, 4.69) is 124 Å². The monoisotopic (exact) mass is 685 g/mol. The van der Waals surface area contributed by atoms with Crippen molar-refractivity contribution in [3.8, 4) is 0 Å². The van der Waals surface area contributed by atoms with Gasteiger partial charge in [-0.05, 0) is 83.1 Å². The molecule has 2 aliphatic heterocycles. The summed E-state index contributed by atoms with van der Waals surface area (Å²) < 4.78 is 0. The molecule has 0 spiro atoms. The van der Waals surface area contributed by atoms with Crippen LogP contribution in [-0.4, -0.2) is 97.4 Å². The Kier molecular flexibility index (Phi) is 24.3. The summed E-state index contributed by atoms with van der Waals surface area (Å²) in [5.74, 6) is 0. The van der Waals surface area contributed by atoms with Gasteiger partial charge in [0.2, 0.25) is 0 Å². The molecule has 11 heteroatoms. The van der Waals surface area contributed by atoms with Gasteiger partial charge in [0.15, 0.2) is 0 Å². The van der Waals surface area contributed by atoms with Crippen molar-refractivity contribution in [1.82, 2.24) is 21.3 Å². The van der Waals surface area contributed by atoms with Crippen molar-refractivity contribution >= 4 is 22.8 Å². The zero-order chi connectivity index (χ0) is 30.5. The molecule has 0 aromatic heterocycles. The molecule has 253 valence electrons. The van der Waals surface area contributed by atoms with Gasteiger partial charge in [0, 0.05) is 96.9 Å². The molecule has 0 saturated heterocycles. The molecule has 0 unspecified atom stereocenters. The van der Waals surface area contributed by atoms with Crippen LogP contribution in [0.5, 0.6) is 0 Å². The Morgan fingerprint density at radius 3 is 0.721 bits per heavy atom. The van der Waals surface area contributed by atoms with Gasteiger partial charge in [0.05, 0.1) is 26.2 Å². The largest absolute Gasteiger partial charge is 2.00 e. The molecule has 0 aromatic rings. The SMILES string of the molecule is CC1=NCCNC(C)(C)CC(C)=NCCNC(C)(C)C1.CC1=NCCNC(C)(C)CC(C)=NCCNC(C)(C)C1.[Cl-].[Cl-].[Mn+2]. The molecule has 43 heavy (non-hydrogen) atoms. The van der Waals surface area contributed by atoms with Crippen molar-refractivity contribution in [2.45, 2.75) is 131 Å². The number of halogens is 2. The van der Waals surface area contributed by atoms with Crippen LogP contribution >= 0.6 is 0 Å². The Labute approximate surface area is 288 Å². The predicted octanol–water partition coefficient (Wildman–Crippen LogP) is -1.12. The standard InChI is InChI=1S/2C16H32N4.2ClH.Mn/c2*1-13-11-15(3,4)19-10-8-18-14(2)12-16(5,6)20-9-7-17-13;;;/h2*19-20H,7-12H2,1-6H3;2*1H;/q;;;;+2/p-2. The zero-order valence-corrected chi connectivity index (χ0v) is 32.1. The van der Waals surface area contributed by atoms with Gasteiger partial charge >= 0.3 is 17.1 Å². The Balaban J connectivity index is -0.000000696. The third-order valence-corrected chi connectivity index (χ3v) is 7.18. The first-order valence-corrected chi connectivity index (χ1v) is 15.4. The number of nitrogens with one attached hydrogen (secondary N) is 4. The van der Waals surface area contributed by atoms with Gasteiger partial charge in [0.1, 0.15) is 0 Å². The molecule has 4 N–H and O–H groups in total. The molecule has 0 atom stereocenters. The molecule has 8 nitrogen and oxygen atoms in total. The molecular weight excluding hydrogens is 622 g/mol. The van der Waals surface area contributed by atoms with E-state index in [1.165, 1.54) is 22.8 Å². The van der Waals surface area contributed by atoms with E-state index in [0.29, 0.717) is 0 Å². The van der Waals surface area contributed by atoms with Crippen molar-refractivity contribution in [2.24, 2.45) is 20.0 Å². The molecule has 2 heterocycles. The average Bonchev–Trinajstić information content (AvgIpc) is 2.78. The number of nitrogens with zero attached hydrogens (tertiary/aromatic N) is 4. The van der Waals surface area contributed by atoms with E-state index in [4.69, 9.17) is 0 Å². The van der Waals surface area contributed by atoms with Crippen LogP contribution in [0.3, 0.4) is 0 Å². The van der Waals surface area contributed by atoms with Gasteiger partial charge < -0.3 is 46.1 Å². The smallest absolute Gasteiger partial charge is 1.00 e. The van der Waals surface area contributed by atoms with Gasteiger partial charge in [0.25, 0.3) is 0 Å². The van der Waals surface area contributed by atoms with E-state index < -0.39 is 0 Å². The van der Waals surface area contributed by atoms with E-state index in [-0.39, 0.29) is 64.0 Å². The summed E-state index contributed by atoms with van der Waals surface area (Å²) in [5, 5.41) is 14.3. The molecule has 2 aliphatic rings. The van der Waals surface area contributed by atoms with Gasteiger partial charge in [-0.25, -0.2) is 0 Å². The van der Waals surface area contributed by atoms with Crippen molar-refractivity contribution in [3.63, 3.8) is 0 Å². The maximum atomic E-state index is 4.68. The quantitative estimate of drug-likeness (QED) is 0.243. The van der Waals surface area contributed by atoms with Crippen molar-refractivity contribution in [3.05, 3.63) is 0 Å². The molecule has 0 saturated carbocycles. The Morgan fingerprint density at radius 2 is 0.558 bits per heavy atom. The number of hydrogen-bond donors (Lipinski definition) is 4. The van der Waals surface area contributed by atoms with Crippen LogP contribution in [-0.2, 0) is 17.1 Å². The molecule has 0 aliphatic carbocycles. The molecular formula is C32H64Cl2MnN8. The Bertz CT molecular complexity index is 752. The fourth-order valence-corrected chi connectivity index (χ4v) is 5.60. The second kappa shape index (κ2) is 22.2. The van der Waals surface area contributed by atoms with E-state index in [1.807, 2.05) is 0 Å². The van der Waals surface area contributed by atoms with Gasteiger partial charge in [-0.15, -0.1) is 0 Å². The molecule has 2 rings (SSSR count). The van der Waals surface area contributed by atoms with Crippen molar-refractivity contribution in [1.29, 1.82) is 0 Å². The van der Waals surface area contributed by atoms with E-state index in [9.17, 15) is 0 Å². The minimum absolute atomic E-state index is 0. The summed E-state index contributed by atoms with van der Waals surface area (Å²) in [6.07, 6.45) is 3.94. The van der Waals surface area contributed by atoms with Gasteiger partial charge in [-0.1, -0.05) is 0 Å². The second-order valence-electron chi connectivity index (χ2n) is 14.4. The van der Waals surface area contributed by atoms with E-state index in [1.54, 1.807) is 0 Å². The fraction of sp³-hybridized carbons (Fsp3) is 0.875. The molecule has 0 fully saturated rings. The van der Waals surface area contributed by atoms with Crippen LogP contribution in [0.1, 0.15) is 109 Å². The first-order chi connectivity index (χ1) is 18.4. The number of hydrogen-bond acceptors (Lipinski definition) is 8. The number of rotatable bonds is 0. The average molecular weight is 687 g/mol. The molecule has 0 aromatic carbocycles. The minimum Gasteiger partial charge on any atom is -1.00 e. The second-order valence-corrected chi connectivity index (χ2v) is 14.4. The molecule has 0 bridgehead atoms. The Hall–Kier alpha value is -0.381. The van der Waals surface area contributed by atoms with Crippen molar-refractivity contribution in [2.75, 3.05) is 52.4 Å². The Morgan fingerprint density at radius 1 is 0.395 bits per heavy atom. The van der Waals surface area contributed by atoms with Crippen LogP contribution in [0.15, 0.2) is 20.0 Å². The fourth-order valence-electron chi connectivity index (χ4n) is 5.60. The van der Waals surface area contributed by atoms with Crippen LogP contribution in [0.4, 0.5) is 0 Å². The summed E-state index contributed by atoms with van der Waals surface area (Å²) in [7, 11) is 0. The molecule has 0 amide bonds. The maximum Gasteiger partial charge on any atom is 2.00 e.